The van der Waals surface area contributed by atoms with E-state index in [4.69, 9.17) is 15.3 Å². The number of aliphatic hydroxyl groups is 1. The largest absolute Gasteiger partial charge is 0.448 e. The average Bonchev–Trinajstić information content (AvgIpc) is 3.72. The molecule has 2 atom stereocenters. The fourth-order valence-electron chi connectivity index (χ4n) is 7.06. The minimum absolute atomic E-state index is 0.0526. The second kappa shape index (κ2) is 16.9. The summed E-state index contributed by atoms with van der Waals surface area (Å²) in [5.74, 6) is -2.03. The summed E-state index contributed by atoms with van der Waals surface area (Å²) in [7, 11) is 0. The Morgan fingerprint density at radius 2 is 1.33 bits per heavy atom. The third-order valence-corrected chi connectivity index (χ3v) is 11.7. The summed E-state index contributed by atoms with van der Waals surface area (Å²) < 4.78 is 10.4. The lowest BCUT2D eigenvalue weighted by Crippen LogP contribution is -2.71. The zero-order chi connectivity index (χ0) is 40.1. The first-order valence-corrected chi connectivity index (χ1v) is 20.1. The highest BCUT2D eigenvalue weighted by Gasteiger charge is 2.55. The molecular weight excluding hydrogens is 773 g/mol. The lowest BCUT2D eigenvalue weighted by molar-refractivity contribution is -0.154. The van der Waals surface area contributed by atoms with Gasteiger partial charge in [0.15, 0.2) is 11.2 Å². The predicted molar refractivity (Wildman–Crippen MR) is 221 cm³/mol. The number of nitrogens with zero attached hydrogens (tertiary/aromatic N) is 4. The molecular formula is C44H36N6O6S2. The lowest BCUT2D eigenvalue weighted by Gasteiger charge is -2.49. The minimum Gasteiger partial charge on any atom is -0.448 e. The summed E-state index contributed by atoms with van der Waals surface area (Å²) in [6, 6.07) is 45.9. The van der Waals surface area contributed by atoms with Crippen molar-refractivity contribution in [2.75, 3.05) is 18.1 Å². The molecule has 12 nitrogen and oxygen atoms in total. The molecule has 2 aliphatic heterocycles. The van der Waals surface area contributed by atoms with Crippen LogP contribution in [0.1, 0.15) is 39.7 Å². The van der Waals surface area contributed by atoms with Gasteiger partial charge in [0.25, 0.3) is 11.8 Å². The number of aliphatic hydroxyl groups excluding tert-OH is 1. The summed E-state index contributed by atoms with van der Waals surface area (Å²) in [4.78, 5) is 54.6. The Morgan fingerprint density at radius 1 is 0.828 bits per heavy atom. The number of nitrogen functional groups attached to an aromatic ring is 1. The van der Waals surface area contributed by atoms with Gasteiger partial charge in [-0.1, -0.05) is 157 Å². The standard InChI is InChI=1S/C44H36N6O6S2/c45-43-47-38(49-58-43)34(48-56-44(31-20-10-3-11-21-31,32-22-12-4-13-23-32)33-24-14-5-15-25-33)39(52)46-35-40(53)50-36(30(26-51)27-57-41(35)50)42(54)55-37(28-16-6-1-7-17-28)29-18-8-2-9-19-29/h1-25,35,37,41,51H,26-27H2,(H,46,52)(H2,45,47,49). The number of esters is 1. The molecule has 1 saturated heterocycles. The van der Waals surface area contributed by atoms with Crippen LogP contribution in [0.5, 0.6) is 0 Å². The van der Waals surface area contributed by atoms with E-state index in [1.54, 1.807) is 0 Å². The van der Waals surface area contributed by atoms with Crippen molar-refractivity contribution in [3.8, 4) is 0 Å². The molecule has 14 heteroatoms. The molecule has 0 radical (unpaired) electrons. The van der Waals surface area contributed by atoms with E-state index in [0.717, 1.165) is 39.3 Å². The van der Waals surface area contributed by atoms with Gasteiger partial charge in [-0.3, -0.25) is 14.5 Å². The first kappa shape index (κ1) is 38.3. The number of rotatable bonds is 13. The number of anilines is 1. The van der Waals surface area contributed by atoms with Crippen LogP contribution in [0.2, 0.25) is 0 Å². The van der Waals surface area contributed by atoms with Gasteiger partial charge in [0.05, 0.1) is 6.61 Å². The Labute approximate surface area is 342 Å². The number of hydrogen-bond acceptors (Lipinski definition) is 12. The van der Waals surface area contributed by atoms with Gasteiger partial charge in [0.2, 0.25) is 17.1 Å². The Hall–Kier alpha value is -6.61. The molecule has 0 spiro atoms. The highest BCUT2D eigenvalue weighted by Crippen LogP contribution is 2.43. The zero-order valence-corrected chi connectivity index (χ0v) is 32.4. The van der Waals surface area contributed by atoms with E-state index < -0.39 is 47.5 Å². The molecule has 290 valence electrons. The van der Waals surface area contributed by atoms with Crippen LogP contribution in [-0.4, -0.2) is 66.6 Å². The first-order chi connectivity index (χ1) is 28.4. The van der Waals surface area contributed by atoms with Crippen molar-refractivity contribution >= 4 is 51.9 Å². The van der Waals surface area contributed by atoms with Crippen molar-refractivity contribution < 1.29 is 29.1 Å². The molecule has 2 amide bonds. The van der Waals surface area contributed by atoms with E-state index in [1.165, 1.54) is 16.7 Å². The highest BCUT2D eigenvalue weighted by molar-refractivity contribution is 8.00. The molecule has 58 heavy (non-hydrogen) atoms. The topological polar surface area (TPSA) is 169 Å². The van der Waals surface area contributed by atoms with Gasteiger partial charge in [-0.15, -0.1) is 11.8 Å². The number of amides is 2. The molecule has 0 aliphatic carbocycles. The van der Waals surface area contributed by atoms with Crippen molar-refractivity contribution in [1.82, 2.24) is 19.6 Å². The number of nitrogens with two attached hydrogens (primary N) is 1. The van der Waals surface area contributed by atoms with E-state index in [2.05, 4.69) is 19.8 Å². The summed E-state index contributed by atoms with van der Waals surface area (Å²) in [5, 5.41) is 17.0. The normalized spacial score (nSPS) is 16.7. The average molecular weight is 809 g/mol. The molecule has 4 N–H and O–H groups in total. The van der Waals surface area contributed by atoms with Gasteiger partial charge in [0, 0.05) is 34.0 Å². The van der Waals surface area contributed by atoms with Gasteiger partial charge in [0.1, 0.15) is 17.1 Å². The molecule has 5 aromatic carbocycles. The Balaban J connectivity index is 1.10. The van der Waals surface area contributed by atoms with Crippen molar-refractivity contribution in [3.05, 3.63) is 197 Å². The summed E-state index contributed by atoms with van der Waals surface area (Å²) in [6.45, 7) is -0.469. The number of thioether (sulfide) groups is 1. The smallest absolute Gasteiger partial charge is 0.356 e. The first-order valence-electron chi connectivity index (χ1n) is 18.3. The monoisotopic (exact) mass is 808 g/mol. The van der Waals surface area contributed by atoms with E-state index >= 15 is 0 Å². The van der Waals surface area contributed by atoms with Crippen LogP contribution in [0.3, 0.4) is 0 Å². The number of hydrogen-bond donors (Lipinski definition) is 3. The van der Waals surface area contributed by atoms with Gasteiger partial charge in [-0.2, -0.15) is 9.36 Å². The van der Waals surface area contributed by atoms with Crippen LogP contribution in [0.15, 0.2) is 168 Å². The molecule has 2 unspecified atom stereocenters. The van der Waals surface area contributed by atoms with Crippen LogP contribution < -0.4 is 11.1 Å². The fraction of sp³-hybridized carbons (Fsp3) is 0.136. The lowest BCUT2D eigenvalue weighted by atomic mass is 9.80. The van der Waals surface area contributed by atoms with Crippen molar-refractivity contribution in [2.45, 2.75) is 23.1 Å². The number of benzene rings is 5. The van der Waals surface area contributed by atoms with E-state index in [1.807, 2.05) is 152 Å². The van der Waals surface area contributed by atoms with Gasteiger partial charge in [-0.05, 0) is 16.7 Å². The van der Waals surface area contributed by atoms with E-state index in [9.17, 15) is 19.5 Å². The maximum absolute atomic E-state index is 14.3. The van der Waals surface area contributed by atoms with Crippen LogP contribution in [0.25, 0.3) is 0 Å². The number of aromatic nitrogens is 2. The molecule has 1 aromatic heterocycles. The molecule has 1 fully saturated rings. The maximum atomic E-state index is 14.3. The molecule has 8 rings (SSSR count). The molecule has 2 aliphatic rings. The van der Waals surface area contributed by atoms with Crippen molar-refractivity contribution in [1.29, 1.82) is 0 Å². The Kier molecular flexibility index (Phi) is 11.1. The Bertz CT molecular complexity index is 2330. The third-order valence-electron chi connectivity index (χ3n) is 9.83. The van der Waals surface area contributed by atoms with Gasteiger partial charge >= 0.3 is 5.97 Å². The number of nitrogens with one attached hydrogen (secondary N) is 1. The third kappa shape index (κ3) is 7.36. The van der Waals surface area contributed by atoms with Crippen molar-refractivity contribution in [3.63, 3.8) is 0 Å². The quantitative estimate of drug-likeness (QED) is 0.0426. The maximum Gasteiger partial charge on any atom is 0.356 e. The van der Waals surface area contributed by atoms with Crippen LogP contribution >= 0.6 is 23.3 Å². The number of oxime groups is 1. The Morgan fingerprint density at radius 3 is 1.79 bits per heavy atom. The summed E-state index contributed by atoms with van der Waals surface area (Å²) in [6.07, 6.45) is -0.783. The zero-order valence-electron chi connectivity index (χ0n) is 30.8. The van der Waals surface area contributed by atoms with Crippen molar-refractivity contribution in [2.24, 2.45) is 5.16 Å². The van der Waals surface area contributed by atoms with Crippen LogP contribution in [-0.2, 0) is 29.6 Å². The number of ether oxygens (including phenoxy) is 1. The highest BCUT2D eigenvalue weighted by atomic mass is 32.2. The second-order valence-electron chi connectivity index (χ2n) is 13.3. The predicted octanol–water partition coefficient (Wildman–Crippen LogP) is 5.81. The molecule has 3 heterocycles. The fourth-order valence-corrected chi connectivity index (χ4v) is 8.83. The molecule has 0 saturated carbocycles. The van der Waals surface area contributed by atoms with E-state index in [-0.39, 0.29) is 28.1 Å². The number of carbonyl (C=O) groups is 3. The van der Waals surface area contributed by atoms with Crippen LogP contribution in [0.4, 0.5) is 5.13 Å². The molecule has 6 aromatic rings. The minimum atomic E-state index is -1.34. The summed E-state index contributed by atoms with van der Waals surface area (Å²) in [5.41, 5.74) is 8.28. The SMILES string of the molecule is Nc1nc(C(=NOC(c2ccccc2)(c2ccccc2)c2ccccc2)C(=O)NC2C(=O)N3C(C(=O)OC(c4ccccc4)c4ccccc4)=C(CO)CSC23)ns1. The van der Waals surface area contributed by atoms with Gasteiger partial charge in [-0.25, -0.2) is 4.79 Å². The van der Waals surface area contributed by atoms with E-state index in [0.29, 0.717) is 5.57 Å². The number of fused-ring (bicyclic) bond motifs is 1. The summed E-state index contributed by atoms with van der Waals surface area (Å²) >= 11 is 2.18. The number of carbonyl (C=O) groups excluding carboxylic acids is 3. The number of β-lactam (4-membered cyclic amide) rings is 1. The van der Waals surface area contributed by atoms with Crippen LogP contribution in [0, 0.1) is 0 Å². The van der Waals surface area contributed by atoms with Gasteiger partial charge < -0.3 is 25.7 Å². The molecule has 0 bridgehead atoms. The second-order valence-corrected chi connectivity index (χ2v) is 15.2.